The molecule has 1 aromatic rings. The molecule has 1 atom stereocenters. The van der Waals surface area contributed by atoms with Crippen molar-refractivity contribution in [1.29, 1.82) is 0 Å². The van der Waals surface area contributed by atoms with E-state index in [1.54, 1.807) is 0 Å². The zero-order valence-electron chi connectivity index (χ0n) is 10.7. The van der Waals surface area contributed by atoms with Crippen LogP contribution in [0.4, 0.5) is 0 Å². The van der Waals surface area contributed by atoms with Gasteiger partial charge in [0.05, 0.1) is 5.02 Å². The van der Waals surface area contributed by atoms with Crippen LogP contribution in [0.2, 0.25) is 5.02 Å². The number of hydrogen-bond acceptors (Lipinski definition) is 2. The van der Waals surface area contributed by atoms with E-state index in [1.165, 1.54) is 24.0 Å². The van der Waals surface area contributed by atoms with Gasteiger partial charge in [-0.25, -0.2) is 0 Å². The second-order valence-electron chi connectivity index (χ2n) is 4.95. The van der Waals surface area contributed by atoms with Gasteiger partial charge in [-0.1, -0.05) is 18.0 Å². The van der Waals surface area contributed by atoms with Crippen molar-refractivity contribution < 1.29 is 5.11 Å². The Balaban J connectivity index is 2.52. The summed E-state index contributed by atoms with van der Waals surface area (Å²) in [5.41, 5.74) is 4.38. The first-order chi connectivity index (χ1) is 8.04. The number of phenolic OH excluding ortho intramolecular Hbond substituents is 1. The minimum Gasteiger partial charge on any atom is -0.506 e. The second kappa shape index (κ2) is 4.87. The lowest BCUT2D eigenvalue weighted by atomic mass is 9.88. The largest absolute Gasteiger partial charge is 0.506 e. The number of hydrogen-bond donors (Lipinski definition) is 2. The molecule has 2 rings (SSSR count). The van der Waals surface area contributed by atoms with Gasteiger partial charge in [0.1, 0.15) is 5.75 Å². The van der Waals surface area contributed by atoms with E-state index in [-0.39, 0.29) is 5.75 Å². The first kappa shape index (κ1) is 12.7. The summed E-state index contributed by atoms with van der Waals surface area (Å²) < 4.78 is 0. The third kappa shape index (κ3) is 2.16. The maximum Gasteiger partial charge on any atom is 0.137 e. The fourth-order valence-corrected chi connectivity index (χ4v) is 2.99. The summed E-state index contributed by atoms with van der Waals surface area (Å²) in [6.07, 6.45) is 3.66. The van der Waals surface area contributed by atoms with Crippen molar-refractivity contribution in [3.8, 4) is 5.75 Å². The van der Waals surface area contributed by atoms with Crippen LogP contribution in [0.25, 0.3) is 0 Å². The zero-order chi connectivity index (χ0) is 12.6. The molecule has 17 heavy (non-hydrogen) atoms. The molecular weight excluding hydrogens is 234 g/mol. The van der Waals surface area contributed by atoms with Gasteiger partial charge in [0.25, 0.3) is 0 Å². The lowest BCUT2D eigenvalue weighted by Gasteiger charge is -2.28. The lowest BCUT2D eigenvalue weighted by Crippen LogP contribution is -2.28. The molecule has 0 bridgehead atoms. The molecule has 1 aliphatic rings. The molecule has 0 aromatic heterocycles. The van der Waals surface area contributed by atoms with E-state index in [2.05, 4.69) is 12.2 Å². The summed E-state index contributed by atoms with van der Waals surface area (Å²) in [5, 5.41) is 14.0. The van der Waals surface area contributed by atoms with Gasteiger partial charge in [0, 0.05) is 6.04 Å². The standard InChI is InChI=1S/C14H20ClNO/c1-8-9(2)14(17)13(15)10(3)12(8)11-6-4-5-7-16-11/h11,16-17H,4-7H2,1-3H3. The fraction of sp³-hybridized carbons (Fsp3) is 0.571. The molecule has 0 aliphatic carbocycles. The van der Waals surface area contributed by atoms with Crippen molar-refractivity contribution in [2.45, 2.75) is 46.1 Å². The summed E-state index contributed by atoms with van der Waals surface area (Å²) in [4.78, 5) is 0. The Hall–Kier alpha value is -0.730. The third-order valence-electron chi connectivity index (χ3n) is 3.92. The van der Waals surface area contributed by atoms with Gasteiger partial charge in [0.15, 0.2) is 0 Å². The number of phenols is 1. The predicted molar refractivity (Wildman–Crippen MR) is 71.9 cm³/mol. The Morgan fingerprint density at radius 2 is 1.82 bits per heavy atom. The van der Waals surface area contributed by atoms with Gasteiger partial charge in [-0.2, -0.15) is 0 Å². The first-order valence-electron chi connectivity index (χ1n) is 6.25. The Kier molecular flexibility index (Phi) is 3.64. The molecule has 2 N–H and O–H groups in total. The topological polar surface area (TPSA) is 32.3 Å². The highest BCUT2D eigenvalue weighted by Crippen LogP contribution is 2.39. The smallest absolute Gasteiger partial charge is 0.137 e. The van der Waals surface area contributed by atoms with Crippen molar-refractivity contribution in [3.05, 3.63) is 27.3 Å². The quantitative estimate of drug-likeness (QED) is 0.798. The maximum atomic E-state index is 9.94. The van der Waals surface area contributed by atoms with E-state index in [0.29, 0.717) is 11.1 Å². The van der Waals surface area contributed by atoms with Crippen molar-refractivity contribution in [2.24, 2.45) is 0 Å². The minimum absolute atomic E-state index is 0.237. The van der Waals surface area contributed by atoms with Crippen LogP contribution >= 0.6 is 11.6 Å². The summed E-state index contributed by atoms with van der Waals surface area (Å²) >= 11 is 6.20. The first-order valence-corrected chi connectivity index (χ1v) is 6.63. The zero-order valence-corrected chi connectivity index (χ0v) is 11.5. The van der Waals surface area contributed by atoms with Crippen LogP contribution in [0.1, 0.15) is 47.6 Å². The summed E-state index contributed by atoms with van der Waals surface area (Å²) in [7, 11) is 0. The van der Waals surface area contributed by atoms with E-state index in [1.807, 2.05) is 13.8 Å². The molecule has 2 nitrogen and oxygen atoms in total. The van der Waals surface area contributed by atoms with Crippen molar-refractivity contribution >= 4 is 11.6 Å². The van der Waals surface area contributed by atoms with Crippen LogP contribution in [-0.4, -0.2) is 11.7 Å². The van der Waals surface area contributed by atoms with Gasteiger partial charge in [-0.15, -0.1) is 0 Å². The average molecular weight is 254 g/mol. The molecule has 94 valence electrons. The van der Waals surface area contributed by atoms with Crippen LogP contribution in [-0.2, 0) is 0 Å². The Morgan fingerprint density at radius 1 is 1.12 bits per heavy atom. The normalized spacial score (nSPS) is 20.6. The number of aromatic hydroxyl groups is 1. The number of halogens is 1. The molecule has 0 radical (unpaired) electrons. The molecule has 1 aliphatic heterocycles. The molecule has 0 amide bonds. The molecule has 0 spiro atoms. The molecule has 1 saturated heterocycles. The maximum absolute atomic E-state index is 9.94. The molecular formula is C14H20ClNO. The highest BCUT2D eigenvalue weighted by molar-refractivity contribution is 6.33. The number of rotatable bonds is 1. The fourth-order valence-electron chi connectivity index (χ4n) is 2.74. The molecule has 1 unspecified atom stereocenters. The van der Waals surface area contributed by atoms with E-state index in [9.17, 15) is 5.11 Å². The Labute approximate surface area is 108 Å². The Bertz CT molecular complexity index is 407. The van der Waals surface area contributed by atoms with Gasteiger partial charge < -0.3 is 10.4 Å². The predicted octanol–water partition coefficient (Wildman–Crippen LogP) is 3.79. The minimum atomic E-state index is 0.237. The van der Waals surface area contributed by atoms with Crippen molar-refractivity contribution in [1.82, 2.24) is 5.32 Å². The van der Waals surface area contributed by atoms with E-state index >= 15 is 0 Å². The van der Waals surface area contributed by atoms with Gasteiger partial charge in [0.2, 0.25) is 0 Å². The molecule has 1 fully saturated rings. The molecule has 1 heterocycles. The van der Waals surface area contributed by atoms with Crippen molar-refractivity contribution in [3.63, 3.8) is 0 Å². The highest BCUT2D eigenvalue weighted by Gasteiger charge is 2.23. The SMILES string of the molecule is Cc1c(C)c(C2CCCCN2)c(C)c(Cl)c1O. The average Bonchev–Trinajstić information content (AvgIpc) is 2.36. The number of benzene rings is 1. The van der Waals surface area contributed by atoms with Crippen LogP contribution in [0.15, 0.2) is 0 Å². The molecule has 1 aromatic carbocycles. The lowest BCUT2D eigenvalue weighted by molar-refractivity contribution is 0.408. The summed E-state index contributed by atoms with van der Waals surface area (Å²) in [6.45, 7) is 7.08. The van der Waals surface area contributed by atoms with Gasteiger partial charge >= 0.3 is 0 Å². The van der Waals surface area contributed by atoms with Crippen LogP contribution in [0.5, 0.6) is 5.75 Å². The second-order valence-corrected chi connectivity index (χ2v) is 5.33. The van der Waals surface area contributed by atoms with Crippen LogP contribution in [0.3, 0.4) is 0 Å². The van der Waals surface area contributed by atoms with E-state index < -0.39 is 0 Å². The third-order valence-corrected chi connectivity index (χ3v) is 4.38. The van der Waals surface area contributed by atoms with Crippen LogP contribution < -0.4 is 5.32 Å². The van der Waals surface area contributed by atoms with E-state index in [0.717, 1.165) is 24.1 Å². The van der Waals surface area contributed by atoms with Crippen LogP contribution in [0, 0.1) is 20.8 Å². The van der Waals surface area contributed by atoms with E-state index in [4.69, 9.17) is 11.6 Å². The Morgan fingerprint density at radius 3 is 2.41 bits per heavy atom. The number of piperidine rings is 1. The van der Waals surface area contributed by atoms with Gasteiger partial charge in [-0.3, -0.25) is 0 Å². The monoisotopic (exact) mass is 253 g/mol. The highest BCUT2D eigenvalue weighted by atomic mass is 35.5. The van der Waals surface area contributed by atoms with Crippen molar-refractivity contribution in [2.75, 3.05) is 6.54 Å². The van der Waals surface area contributed by atoms with Gasteiger partial charge in [-0.05, 0) is 62.4 Å². The molecule has 0 saturated carbocycles. The number of nitrogens with one attached hydrogen (secondary N) is 1. The molecule has 3 heteroatoms. The summed E-state index contributed by atoms with van der Waals surface area (Å²) in [5.74, 6) is 0.237. The summed E-state index contributed by atoms with van der Waals surface area (Å²) in [6, 6.07) is 0.389.